The van der Waals surface area contributed by atoms with Gasteiger partial charge in [-0.25, -0.2) is 0 Å². The summed E-state index contributed by atoms with van der Waals surface area (Å²) in [5.41, 5.74) is 0.118. The second kappa shape index (κ2) is 6.14. The van der Waals surface area contributed by atoms with Crippen LogP contribution in [0.4, 0.5) is 13.2 Å². The minimum absolute atomic E-state index is 0.118. The first-order valence-electron chi connectivity index (χ1n) is 6.81. The Labute approximate surface area is 126 Å². The molecule has 2 nitrogen and oxygen atoms in total. The van der Waals surface area contributed by atoms with E-state index in [1.54, 1.807) is 31.8 Å². The fraction of sp³-hybridized carbons (Fsp3) is 0.571. The smallest absolute Gasteiger partial charge is 0.417 e. The van der Waals surface area contributed by atoms with E-state index in [1.165, 1.54) is 12.1 Å². The second-order valence-electron chi connectivity index (χ2n) is 6.94. The molecule has 0 bridgehead atoms. The van der Waals surface area contributed by atoms with Crippen LogP contribution in [-0.2, 0) is 4.43 Å². The molecule has 0 radical (unpaired) electrons. The van der Waals surface area contributed by atoms with Gasteiger partial charge in [-0.15, -0.1) is 0 Å². The largest absolute Gasteiger partial charge is 0.544 e. The van der Waals surface area contributed by atoms with Gasteiger partial charge in [0.25, 0.3) is 0 Å². The quantitative estimate of drug-likeness (QED) is 0.674. The van der Waals surface area contributed by atoms with Crippen molar-refractivity contribution < 1.29 is 22.0 Å². The molecule has 1 unspecified atom stereocenters. The van der Waals surface area contributed by atoms with E-state index >= 15 is 0 Å². The Morgan fingerprint density at radius 3 is 1.67 bits per heavy atom. The monoisotopic (exact) mass is 336 g/mol. The maximum absolute atomic E-state index is 13.2. The highest BCUT2D eigenvalue weighted by molar-refractivity contribution is 6.70. The lowest BCUT2D eigenvalue weighted by molar-refractivity contribution is -0.200. The summed E-state index contributed by atoms with van der Waals surface area (Å²) in [4.78, 5) is 0. The van der Waals surface area contributed by atoms with Crippen molar-refractivity contribution in [1.82, 2.24) is 0 Å². The first-order valence-corrected chi connectivity index (χ1v) is 13.6. The minimum atomic E-state index is -4.42. The molecule has 0 aliphatic rings. The van der Waals surface area contributed by atoms with E-state index in [2.05, 4.69) is 0 Å². The summed E-state index contributed by atoms with van der Waals surface area (Å²) in [6, 6.07) is 6.04. The molecule has 1 atom stereocenters. The van der Waals surface area contributed by atoms with Gasteiger partial charge in [-0.3, -0.25) is 0 Å². The van der Waals surface area contributed by atoms with Crippen LogP contribution in [0.15, 0.2) is 24.3 Å². The molecule has 0 spiro atoms. The van der Waals surface area contributed by atoms with Crippen molar-refractivity contribution in [2.45, 2.75) is 51.6 Å². The van der Waals surface area contributed by atoms with Crippen molar-refractivity contribution in [2.24, 2.45) is 0 Å². The zero-order valence-corrected chi connectivity index (χ0v) is 15.3. The summed E-state index contributed by atoms with van der Waals surface area (Å²) in [5, 5.41) is 0. The van der Waals surface area contributed by atoms with E-state index in [0.717, 1.165) is 0 Å². The first kappa shape index (κ1) is 18.3. The second-order valence-corrected chi connectivity index (χ2v) is 15.8. The Kier molecular flexibility index (Phi) is 5.33. The van der Waals surface area contributed by atoms with Gasteiger partial charge in [-0.1, -0.05) is 12.1 Å². The zero-order chi connectivity index (χ0) is 16.5. The van der Waals surface area contributed by atoms with Crippen LogP contribution < -0.4 is 4.43 Å². The van der Waals surface area contributed by atoms with Gasteiger partial charge in [0, 0.05) is 0 Å². The fourth-order valence-electron chi connectivity index (χ4n) is 1.74. The molecule has 0 aliphatic carbocycles. The summed E-state index contributed by atoms with van der Waals surface area (Å²) >= 11 is 0. The molecule has 1 rings (SSSR count). The minimum Gasteiger partial charge on any atom is -0.544 e. The van der Waals surface area contributed by atoms with Crippen molar-refractivity contribution in [3.63, 3.8) is 0 Å². The van der Waals surface area contributed by atoms with Crippen LogP contribution in [0, 0.1) is 0 Å². The molecule has 1 aromatic carbocycles. The van der Waals surface area contributed by atoms with Crippen molar-refractivity contribution in [3.8, 4) is 5.75 Å². The summed E-state index contributed by atoms with van der Waals surface area (Å²) in [6.07, 6.45) is -6.29. The number of alkyl halides is 3. The molecule has 1 aromatic rings. The van der Waals surface area contributed by atoms with Gasteiger partial charge in [0.1, 0.15) is 5.75 Å². The SMILES string of the molecule is C[Si](C)(C)Oc1ccc(C(O[Si](C)(C)C)C(F)(F)F)cc1. The molecular weight excluding hydrogens is 313 g/mol. The van der Waals surface area contributed by atoms with E-state index in [1.807, 2.05) is 19.6 Å². The van der Waals surface area contributed by atoms with Gasteiger partial charge in [0.15, 0.2) is 14.4 Å². The topological polar surface area (TPSA) is 18.5 Å². The standard InChI is InChI=1S/C14H23F3O2Si2/c1-20(2,3)18-12-9-7-11(8-10-12)13(14(15,16)17)19-21(4,5)6/h7-10,13H,1-6H3. The van der Waals surface area contributed by atoms with Crippen LogP contribution in [0.2, 0.25) is 39.3 Å². The lowest BCUT2D eigenvalue weighted by Gasteiger charge is -2.28. The number of benzene rings is 1. The van der Waals surface area contributed by atoms with Gasteiger partial charge < -0.3 is 8.85 Å². The molecule has 7 heteroatoms. The lowest BCUT2D eigenvalue weighted by atomic mass is 10.1. The number of rotatable bonds is 5. The first-order chi connectivity index (χ1) is 9.28. The Morgan fingerprint density at radius 2 is 1.33 bits per heavy atom. The Hall–Kier alpha value is -0.796. The normalized spacial score (nSPS) is 14.9. The fourth-order valence-corrected chi connectivity index (χ4v) is 3.56. The van der Waals surface area contributed by atoms with Crippen LogP contribution in [0.1, 0.15) is 11.7 Å². The average molecular weight is 337 g/mol. The molecular formula is C14H23F3O2Si2. The van der Waals surface area contributed by atoms with E-state index in [0.29, 0.717) is 5.75 Å². The maximum Gasteiger partial charge on any atom is 0.417 e. The van der Waals surface area contributed by atoms with Crippen molar-refractivity contribution >= 4 is 16.6 Å². The molecule has 21 heavy (non-hydrogen) atoms. The van der Waals surface area contributed by atoms with Crippen LogP contribution in [0.5, 0.6) is 5.75 Å². The maximum atomic E-state index is 13.2. The van der Waals surface area contributed by atoms with Crippen LogP contribution in [0.3, 0.4) is 0 Å². The Balaban J connectivity index is 3.00. The zero-order valence-electron chi connectivity index (χ0n) is 13.3. The highest BCUT2D eigenvalue weighted by atomic mass is 28.4. The van der Waals surface area contributed by atoms with Gasteiger partial charge >= 0.3 is 6.18 Å². The molecule has 0 saturated heterocycles. The number of halogens is 3. The molecule has 120 valence electrons. The summed E-state index contributed by atoms with van der Waals surface area (Å²) < 4.78 is 50.6. The van der Waals surface area contributed by atoms with Crippen molar-refractivity contribution in [1.29, 1.82) is 0 Å². The van der Waals surface area contributed by atoms with Gasteiger partial charge in [-0.2, -0.15) is 13.2 Å². The van der Waals surface area contributed by atoms with E-state index in [4.69, 9.17) is 8.85 Å². The summed E-state index contributed by atoms with van der Waals surface area (Å²) in [6.45, 7) is 11.3. The molecule has 0 aromatic heterocycles. The van der Waals surface area contributed by atoms with Crippen LogP contribution in [0.25, 0.3) is 0 Å². The highest BCUT2D eigenvalue weighted by Crippen LogP contribution is 2.38. The van der Waals surface area contributed by atoms with E-state index < -0.39 is 28.9 Å². The average Bonchev–Trinajstić information content (AvgIpc) is 2.22. The predicted octanol–water partition coefficient (Wildman–Crippen LogP) is 5.36. The van der Waals surface area contributed by atoms with E-state index in [-0.39, 0.29) is 5.56 Å². The Morgan fingerprint density at radius 1 is 0.857 bits per heavy atom. The summed E-state index contributed by atoms with van der Waals surface area (Å²) in [5.74, 6) is 0.604. The van der Waals surface area contributed by atoms with Crippen LogP contribution in [-0.4, -0.2) is 22.8 Å². The van der Waals surface area contributed by atoms with Gasteiger partial charge in [0.05, 0.1) is 0 Å². The van der Waals surface area contributed by atoms with Crippen molar-refractivity contribution in [3.05, 3.63) is 29.8 Å². The third-order valence-electron chi connectivity index (χ3n) is 2.38. The highest BCUT2D eigenvalue weighted by Gasteiger charge is 2.44. The van der Waals surface area contributed by atoms with Crippen LogP contribution >= 0.6 is 0 Å². The lowest BCUT2D eigenvalue weighted by Crippen LogP contribution is -2.35. The molecule has 0 saturated carbocycles. The van der Waals surface area contributed by atoms with E-state index in [9.17, 15) is 13.2 Å². The summed E-state index contributed by atoms with van der Waals surface area (Å²) in [7, 11) is -4.07. The molecule has 0 fully saturated rings. The predicted molar refractivity (Wildman–Crippen MR) is 83.6 cm³/mol. The molecule has 0 aliphatic heterocycles. The third kappa shape index (κ3) is 6.66. The Bertz CT molecular complexity index is 459. The molecule has 0 amide bonds. The number of hydrogen-bond acceptors (Lipinski definition) is 2. The van der Waals surface area contributed by atoms with Gasteiger partial charge in [-0.05, 0) is 57.0 Å². The number of hydrogen-bond donors (Lipinski definition) is 0. The molecule has 0 heterocycles. The third-order valence-corrected chi connectivity index (χ3v) is 4.17. The van der Waals surface area contributed by atoms with Gasteiger partial charge in [0.2, 0.25) is 8.32 Å². The molecule has 0 N–H and O–H groups in total. The van der Waals surface area contributed by atoms with Crippen molar-refractivity contribution in [2.75, 3.05) is 0 Å².